The van der Waals surface area contributed by atoms with Crippen molar-refractivity contribution < 1.29 is 4.79 Å². The van der Waals surface area contributed by atoms with Crippen molar-refractivity contribution in [3.63, 3.8) is 0 Å². The summed E-state index contributed by atoms with van der Waals surface area (Å²) < 4.78 is 1.02. The summed E-state index contributed by atoms with van der Waals surface area (Å²) >= 11 is 3.41. The summed E-state index contributed by atoms with van der Waals surface area (Å²) in [7, 11) is 0. The molecule has 2 heterocycles. The smallest absolute Gasteiger partial charge is 0.319 e. The van der Waals surface area contributed by atoms with E-state index < -0.39 is 0 Å². The fourth-order valence-electron chi connectivity index (χ4n) is 3.57. The van der Waals surface area contributed by atoms with Crippen molar-refractivity contribution >= 4 is 54.9 Å². The molecule has 2 aromatic heterocycles. The third-order valence-corrected chi connectivity index (χ3v) is 5.89. The molecule has 7 heteroatoms. The van der Waals surface area contributed by atoms with Crippen LogP contribution in [0.4, 0.5) is 16.2 Å². The van der Waals surface area contributed by atoms with E-state index >= 15 is 0 Å². The van der Waals surface area contributed by atoms with Crippen molar-refractivity contribution in [3.8, 4) is 0 Å². The number of hydrogen-bond acceptors (Lipinski definition) is 4. The van der Waals surface area contributed by atoms with E-state index in [-0.39, 0.29) is 12.1 Å². The summed E-state index contributed by atoms with van der Waals surface area (Å²) in [6.45, 7) is 1.95. The van der Waals surface area contributed by atoms with Crippen molar-refractivity contribution in [2.24, 2.45) is 0 Å². The summed E-state index contributed by atoms with van der Waals surface area (Å²) in [5.74, 6) is 0. The summed E-state index contributed by atoms with van der Waals surface area (Å²) in [6, 6.07) is 23.0. The van der Waals surface area contributed by atoms with E-state index in [0.29, 0.717) is 0 Å². The summed E-state index contributed by atoms with van der Waals surface area (Å²) in [4.78, 5) is 20.4. The number of fused-ring (bicyclic) bond motifs is 2. The molecule has 0 saturated carbocycles. The number of anilines is 2. The van der Waals surface area contributed by atoms with Crippen LogP contribution in [0.3, 0.4) is 0 Å². The minimum Gasteiger partial charge on any atom is -0.398 e. The van der Waals surface area contributed by atoms with Gasteiger partial charge in [-0.2, -0.15) is 0 Å². The van der Waals surface area contributed by atoms with Gasteiger partial charge < -0.3 is 16.4 Å². The number of urea groups is 1. The maximum atomic E-state index is 12.3. The van der Waals surface area contributed by atoms with Gasteiger partial charge in [-0.05, 0) is 48.9 Å². The molecule has 34 heavy (non-hydrogen) atoms. The summed E-state index contributed by atoms with van der Waals surface area (Å²) in [5.41, 5.74) is 8.35. The standard InChI is InChI=1S/C18H16BrN3O.C9H8N2/c1-12(13-5-7-15(19)8-6-13)21-18(23)22-17-4-2-3-14-11-20-10-9-16(14)17;10-9-3-1-2-7-6-11-5-4-8(7)9/h2-12H,1H3,(H2,21,22,23);1-6H,10H2. The Morgan fingerprint density at radius 2 is 1.47 bits per heavy atom. The van der Waals surface area contributed by atoms with Crippen LogP contribution < -0.4 is 16.4 Å². The van der Waals surface area contributed by atoms with Gasteiger partial charge in [-0.1, -0.05) is 52.3 Å². The SMILES string of the molecule is CC(NC(=O)Nc1cccc2cnccc12)c1ccc(Br)cc1.Nc1cccc2cnccc12. The molecular weight excluding hydrogens is 490 g/mol. The molecule has 3 aromatic carbocycles. The molecule has 0 aliphatic rings. The normalized spacial score (nSPS) is 11.4. The first kappa shape index (κ1) is 23.2. The molecule has 0 fully saturated rings. The minimum atomic E-state index is -0.232. The molecule has 0 aliphatic carbocycles. The van der Waals surface area contributed by atoms with Crippen molar-refractivity contribution in [2.75, 3.05) is 11.1 Å². The van der Waals surface area contributed by atoms with Crippen LogP contribution in [-0.4, -0.2) is 16.0 Å². The highest BCUT2D eigenvalue weighted by atomic mass is 79.9. The number of halogens is 1. The van der Waals surface area contributed by atoms with Gasteiger partial charge in [0.1, 0.15) is 0 Å². The van der Waals surface area contributed by atoms with E-state index in [1.54, 1.807) is 18.6 Å². The molecule has 1 atom stereocenters. The van der Waals surface area contributed by atoms with Gasteiger partial charge in [0.15, 0.2) is 0 Å². The largest absolute Gasteiger partial charge is 0.398 e. The minimum absolute atomic E-state index is 0.0836. The Balaban J connectivity index is 0.000000207. The molecule has 5 rings (SSSR count). The average Bonchev–Trinajstić information content (AvgIpc) is 2.85. The molecule has 2 amide bonds. The molecular formula is C27H24BrN5O. The van der Waals surface area contributed by atoms with Gasteiger partial charge in [-0.25, -0.2) is 4.79 Å². The van der Waals surface area contributed by atoms with E-state index in [9.17, 15) is 4.79 Å². The molecule has 0 spiro atoms. The van der Waals surface area contributed by atoms with E-state index in [1.807, 2.05) is 85.9 Å². The Bertz CT molecular complexity index is 1410. The highest BCUT2D eigenvalue weighted by Gasteiger charge is 2.10. The molecule has 0 saturated heterocycles. The highest BCUT2D eigenvalue weighted by molar-refractivity contribution is 9.10. The first-order chi connectivity index (χ1) is 16.5. The number of amides is 2. The Morgan fingerprint density at radius 1 is 0.853 bits per heavy atom. The number of pyridine rings is 2. The number of nitrogen functional groups attached to an aromatic ring is 1. The van der Waals surface area contributed by atoms with Crippen molar-refractivity contribution in [1.29, 1.82) is 0 Å². The number of nitrogens with one attached hydrogen (secondary N) is 2. The lowest BCUT2D eigenvalue weighted by atomic mass is 10.1. The lowest BCUT2D eigenvalue weighted by Gasteiger charge is -2.16. The second-order valence-corrected chi connectivity index (χ2v) is 8.63. The van der Waals surface area contributed by atoms with Gasteiger partial charge in [-0.3, -0.25) is 9.97 Å². The predicted octanol–water partition coefficient (Wildman–Crippen LogP) is 6.70. The zero-order valence-corrected chi connectivity index (χ0v) is 20.2. The topological polar surface area (TPSA) is 92.9 Å². The number of carbonyl (C=O) groups is 1. The Hall–Kier alpha value is -3.97. The van der Waals surface area contributed by atoms with Crippen molar-refractivity contribution in [1.82, 2.24) is 15.3 Å². The monoisotopic (exact) mass is 513 g/mol. The van der Waals surface area contributed by atoms with E-state index in [1.165, 1.54) is 0 Å². The first-order valence-corrected chi connectivity index (χ1v) is 11.5. The Morgan fingerprint density at radius 3 is 2.15 bits per heavy atom. The van der Waals surface area contributed by atoms with Crippen LogP contribution in [0.1, 0.15) is 18.5 Å². The van der Waals surface area contributed by atoms with Crippen molar-refractivity contribution in [2.45, 2.75) is 13.0 Å². The van der Waals surface area contributed by atoms with Gasteiger partial charge in [0.2, 0.25) is 0 Å². The van der Waals surface area contributed by atoms with Gasteiger partial charge in [0.25, 0.3) is 0 Å². The van der Waals surface area contributed by atoms with Crippen LogP contribution in [0, 0.1) is 0 Å². The van der Waals surface area contributed by atoms with Gasteiger partial charge >= 0.3 is 6.03 Å². The average molecular weight is 514 g/mol. The van der Waals surface area contributed by atoms with Crippen LogP contribution >= 0.6 is 15.9 Å². The van der Waals surface area contributed by atoms with Gasteiger partial charge in [0.05, 0.1) is 11.7 Å². The summed E-state index contributed by atoms with van der Waals surface area (Å²) in [5, 5.41) is 9.98. The first-order valence-electron chi connectivity index (χ1n) is 10.8. The molecule has 5 aromatic rings. The number of nitrogens with zero attached hydrogens (tertiary/aromatic N) is 2. The third-order valence-electron chi connectivity index (χ3n) is 5.36. The lowest BCUT2D eigenvalue weighted by molar-refractivity contribution is 0.249. The van der Waals surface area contributed by atoms with Gasteiger partial charge in [-0.15, -0.1) is 0 Å². The molecule has 0 aliphatic heterocycles. The number of carbonyl (C=O) groups excluding carboxylic acids is 1. The molecule has 6 nitrogen and oxygen atoms in total. The molecule has 4 N–H and O–H groups in total. The zero-order chi connectivity index (χ0) is 23.9. The second kappa shape index (κ2) is 10.8. The molecule has 0 radical (unpaired) electrons. The summed E-state index contributed by atoms with van der Waals surface area (Å²) in [6.07, 6.45) is 7.06. The molecule has 1 unspecified atom stereocenters. The quantitative estimate of drug-likeness (QED) is 0.234. The van der Waals surface area contributed by atoms with E-state index in [0.717, 1.165) is 43.0 Å². The number of nitrogens with two attached hydrogens (primary N) is 1. The van der Waals surface area contributed by atoms with Crippen LogP contribution in [-0.2, 0) is 0 Å². The Labute approximate surface area is 206 Å². The van der Waals surface area contributed by atoms with Crippen LogP contribution in [0.25, 0.3) is 21.5 Å². The number of aromatic nitrogens is 2. The highest BCUT2D eigenvalue weighted by Crippen LogP contribution is 2.23. The van der Waals surface area contributed by atoms with E-state index in [4.69, 9.17) is 5.73 Å². The zero-order valence-electron chi connectivity index (χ0n) is 18.6. The van der Waals surface area contributed by atoms with Crippen molar-refractivity contribution in [3.05, 3.63) is 108 Å². The van der Waals surface area contributed by atoms with Crippen LogP contribution in [0.5, 0.6) is 0 Å². The fraction of sp³-hybridized carbons (Fsp3) is 0.0741. The number of rotatable bonds is 3. The van der Waals surface area contributed by atoms with Crippen LogP contribution in [0.2, 0.25) is 0 Å². The maximum Gasteiger partial charge on any atom is 0.319 e. The molecule has 170 valence electrons. The third kappa shape index (κ3) is 5.68. The van der Waals surface area contributed by atoms with Gasteiger partial charge in [0, 0.05) is 56.5 Å². The van der Waals surface area contributed by atoms with E-state index in [2.05, 4.69) is 36.5 Å². The molecule has 0 bridgehead atoms. The maximum absolute atomic E-state index is 12.3. The fourth-order valence-corrected chi connectivity index (χ4v) is 3.83. The second-order valence-electron chi connectivity index (χ2n) is 7.72. The number of hydrogen-bond donors (Lipinski definition) is 3. The number of benzene rings is 3. The lowest BCUT2D eigenvalue weighted by Crippen LogP contribution is -2.31. The van der Waals surface area contributed by atoms with Crippen LogP contribution in [0.15, 0.2) is 102 Å². The Kier molecular flexibility index (Phi) is 7.34. The predicted molar refractivity (Wildman–Crippen MR) is 143 cm³/mol.